The topological polar surface area (TPSA) is 21.1 Å². The van der Waals surface area contributed by atoms with Gasteiger partial charge in [0.15, 0.2) is 5.16 Å². The summed E-state index contributed by atoms with van der Waals surface area (Å²) in [6.07, 6.45) is 0. The summed E-state index contributed by atoms with van der Waals surface area (Å²) < 4.78 is 2.32. The Labute approximate surface area is 107 Å². The summed E-state index contributed by atoms with van der Waals surface area (Å²) >= 11 is 1.81. The predicted molar refractivity (Wildman–Crippen MR) is 74.7 cm³/mol. The maximum Gasteiger partial charge on any atom is 0.169 e. The van der Waals surface area contributed by atoms with Crippen molar-refractivity contribution in [3.63, 3.8) is 0 Å². The molecule has 1 aromatic carbocycles. The van der Waals surface area contributed by atoms with Crippen LogP contribution in [0.3, 0.4) is 0 Å². The molecule has 0 radical (unpaired) electrons. The summed E-state index contributed by atoms with van der Waals surface area (Å²) in [6.45, 7) is 4.20. The molecule has 17 heavy (non-hydrogen) atoms. The summed E-state index contributed by atoms with van der Waals surface area (Å²) in [5.74, 6) is 1.06. The van der Waals surface area contributed by atoms with Gasteiger partial charge < -0.3 is 9.47 Å². The van der Waals surface area contributed by atoms with E-state index in [4.69, 9.17) is 0 Å². The second-order valence-electron chi connectivity index (χ2n) is 4.27. The monoisotopic (exact) mass is 249 g/mol. The summed E-state index contributed by atoms with van der Waals surface area (Å²) in [5, 5.41) is 1.13. The van der Waals surface area contributed by atoms with Gasteiger partial charge in [-0.2, -0.15) is 0 Å². The van der Waals surface area contributed by atoms with Crippen LogP contribution >= 0.6 is 11.8 Å². The summed E-state index contributed by atoms with van der Waals surface area (Å²) in [6, 6.07) is 8.36. The standard InChI is InChI=1S/C13H19N3S/c1-4-17-13-14-11-7-5-6-8-12(11)16(13)10-9-15(2)3/h5-8H,4,9-10H2,1-3H3. The Bertz CT molecular complexity index is 490. The second kappa shape index (κ2) is 5.56. The van der Waals surface area contributed by atoms with Crippen LogP contribution in [0.1, 0.15) is 6.92 Å². The van der Waals surface area contributed by atoms with Crippen molar-refractivity contribution < 1.29 is 0 Å². The first-order chi connectivity index (χ1) is 8.22. The van der Waals surface area contributed by atoms with Gasteiger partial charge in [-0.05, 0) is 32.0 Å². The Hall–Kier alpha value is -1.00. The molecule has 3 nitrogen and oxygen atoms in total. The third-order valence-electron chi connectivity index (χ3n) is 2.66. The zero-order chi connectivity index (χ0) is 12.3. The van der Waals surface area contributed by atoms with Crippen LogP contribution < -0.4 is 0 Å². The molecule has 0 unspecified atom stereocenters. The average molecular weight is 249 g/mol. The van der Waals surface area contributed by atoms with Crippen LogP contribution in [0.2, 0.25) is 0 Å². The number of rotatable bonds is 5. The number of thioether (sulfide) groups is 1. The molecule has 0 N–H and O–H groups in total. The van der Waals surface area contributed by atoms with E-state index < -0.39 is 0 Å². The zero-order valence-electron chi connectivity index (χ0n) is 10.7. The first-order valence-electron chi connectivity index (χ1n) is 5.95. The van der Waals surface area contributed by atoms with Gasteiger partial charge in [-0.25, -0.2) is 4.98 Å². The highest BCUT2D eigenvalue weighted by molar-refractivity contribution is 7.99. The Morgan fingerprint density at radius 2 is 2.06 bits per heavy atom. The number of hydrogen-bond acceptors (Lipinski definition) is 3. The molecule has 0 atom stereocenters. The van der Waals surface area contributed by atoms with Crippen molar-refractivity contribution in [2.24, 2.45) is 0 Å². The van der Waals surface area contributed by atoms with E-state index in [0.717, 1.165) is 29.5 Å². The molecule has 0 fully saturated rings. The largest absolute Gasteiger partial charge is 0.318 e. The van der Waals surface area contributed by atoms with Crippen molar-refractivity contribution >= 4 is 22.8 Å². The number of aromatic nitrogens is 2. The number of nitrogens with zero attached hydrogens (tertiary/aromatic N) is 3. The van der Waals surface area contributed by atoms with Crippen LogP contribution in [0, 0.1) is 0 Å². The number of benzene rings is 1. The number of imidazole rings is 1. The van der Waals surface area contributed by atoms with Gasteiger partial charge in [0.05, 0.1) is 11.0 Å². The average Bonchev–Trinajstić information content (AvgIpc) is 2.64. The van der Waals surface area contributed by atoms with Gasteiger partial charge >= 0.3 is 0 Å². The SMILES string of the molecule is CCSc1nc2ccccc2n1CCN(C)C. The maximum atomic E-state index is 4.69. The van der Waals surface area contributed by atoms with Crippen molar-refractivity contribution in [1.29, 1.82) is 0 Å². The van der Waals surface area contributed by atoms with Crippen LogP contribution in [0.15, 0.2) is 29.4 Å². The molecular weight excluding hydrogens is 230 g/mol. The van der Waals surface area contributed by atoms with Crippen molar-refractivity contribution in [2.75, 3.05) is 26.4 Å². The van der Waals surface area contributed by atoms with Gasteiger partial charge in [0.25, 0.3) is 0 Å². The minimum absolute atomic E-state index is 0.996. The van der Waals surface area contributed by atoms with Gasteiger partial charge in [0, 0.05) is 13.1 Å². The van der Waals surface area contributed by atoms with E-state index >= 15 is 0 Å². The van der Waals surface area contributed by atoms with E-state index in [9.17, 15) is 0 Å². The first-order valence-corrected chi connectivity index (χ1v) is 6.93. The minimum Gasteiger partial charge on any atom is -0.318 e. The minimum atomic E-state index is 0.996. The molecule has 1 heterocycles. The molecule has 0 amide bonds. The van der Waals surface area contributed by atoms with E-state index in [1.165, 1.54) is 5.52 Å². The fourth-order valence-corrected chi connectivity index (χ4v) is 2.58. The molecule has 2 rings (SSSR count). The highest BCUT2D eigenvalue weighted by Crippen LogP contribution is 2.23. The summed E-state index contributed by atoms with van der Waals surface area (Å²) in [4.78, 5) is 6.89. The highest BCUT2D eigenvalue weighted by Gasteiger charge is 2.09. The molecule has 0 bridgehead atoms. The second-order valence-corrected chi connectivity index (χ2v) is 5.50. The third-order valence-corrected chi connectivity index (χ3v) is 3.52. The maximum absolute atomic E-state index is 4.69. The molecule has 2 aromatic rings. The smallest absolute Gasteiger partial charge is 0.169 e. The van der Waals surface area contributed by atoms with Crippen LogP contribution in [-0.4, -0.2) is 40.8 Å². The fourth-order valence-electron chi connectivity index (χ4n) is 1.81. The molecule has 4 heteroatoms. The lowest BCUT2D eigenvalue weighted by Crippen LogP contribution is -2.18. The number of fused-ring (bicyclic) bond motifs is 1. The zero-order valence-corrected chi connectivity index (χ0v) is 11.5. The summed E-state index contributed by atoms with van der Waals surface area (Å²) in [5.41, 5.74) is 2.34. The summed E-state index contributed by atoms with van der Waals surface area (Å²) in [7, 11) is 4.21. The quantitative estimate of drug-likeness (QED) is 0.760. The lowest BCUT2D eigenvalue weighted by atomic mass is 10.3. The van der Waals surface area contributed by atoms with Crippen LogP contribution in [0.4, 0.5) is 0 Å². The Kier molecular flexibility index (Phi) is 4.07. The third kappa shape index (κ3) is 2.82. The van der Waals surface area contributed by atoms with E-state index in [2.05, 4.69) is 53.7 Å². The first kappa shape index (κ1) is 12.5. The molecule has 0 spiro atoms. The van der Waals surface area contributed by atoms with Crippen molar-refractivity contribution in [2.45, 2.75) is 18.6 Å². The molecule has 1 aromatic heterocycles. The van der Waals surface area contributed by atoms with Gasteiger partial charge in [0.2, 0.25) is 0 Å². The van der Waals surface area contributed by atoms with E-state index in [0.29, 0.717) is 0 Å². The van der Waals surface area contributed by atoms with Gasteiger partial charge in [-0.15, -0.1) is 0 Å². The van der Waals surface area contributed by atoms with Crippen LogP contribution in [0.5, 0.6) is 0 Å². The molecular formula is C13H19N3S. The molecule has 0 aliphatic rings. The molecule has 0 saturated heterocycles. The normalized spacial score (nSPS) is 11.5. The highest BCUT2D eigenvalue weighted by atomic mass is 32.2. The number of para-hydroxylation sites is 2. The van der Waals surface area contributed by atoms with E-state index in [-0.39, 0.29) is 0 Å². The van der Waals surface area contributed by atoms with Crippen LogP contribution in [0.25, 0.3) is 11.0 Å². The molecule has 92 valence electrons. The lowest BCUT2D eigenvalue weighted by Gasteiger charge is -2.12. The van der Waals surface area contributed by atoms with Gasteiger partial charge in [-0.3, -0.25) is 0 Å². The number of hydrogen-bond donors (Lipinski definition) is 0. The van der Waals surface area contributed by atoms with E-state index in [1.54, 1.807) is 0 Å². The number of likely N-dealkylation sites (N-methyl/N-ethyl adjacent to an activating group) is 1. The van der Waals surface area contributed by atoms with E-state index in [1.807, 2.05) is 17.8 Å². The Balaban J connectivity index is 2.37. The Morgan fingerprint density at radius 3 is 2.76 bits per heavy atom. The van der Waals surface area contributed by atoms with Crippen molar-refractivity contribution in [3.8, 4) is 0 Å². The Morgan fingerprint density at radius 1 is 1.29 bits per heavy atom. The van der Waals surface area contributed by atoms with Crippen molar-refractivity contribution in [3.05, 3.63) is 24.3 Å². The van der Waals surface area contributed by atoms with Gasteiger partial charge in [0.1, 0.15) is 0 Å². The molecule has 0 aliphatic carbocycles. The van der Waals surface area contributed by atoms with Gasteiger partial charge in [-0.1, -0.05) is 30.8 Å². The predicted octanol–water partition coefficient (Wildman–Crippen LogP) is 2.71. The van der Waals surface area contributed by atoms with Crippen molar-refractivity contribution in [1.82, 2.24) is 14.5 Å². The molecule has 0 saturated carbocycles. The lowest BCUT2D eigenvalue weighted by molar-refractivity contribution is 0.380. The fraction of sp³-hybridized carbons (Fsp3) is 0.462. The van der Waals surface area contributed by atoms with Crippen LogP contribution in [-0.2, 0) is 6.54 Å². The molecule has 0 aliphatic heterocycles.